The molecule has 1 heterocycles. The Labute approximate surface area is 92.1 Å². The van der Waals surface area contributed by atoms with Gasteiger partial charge in [-0.3, -0.25) is 9.58 Å². The molecule has 0 fully saturated rings. The van der Waals surface area contributed by atoms with Gasteiger partial charge >= 0.3 is 0 Å². The van der Waals surface area contributed by atoms with Gasteiger partial charge in [-0.1, -0.05) is 6.92 Å². The quantitative estimate of drug-likeness (QED) is 0.780. The van der Waals surface area contributed by atoms with Crippen LogP contribution >= 0.6 is 0 Å². The van der Waals surface area contributed by atoms with Crippen LogP contribution in [0.1, 0.15) is 25.2 Å². The van der Waals surface area contributed by atoms with Gasteiger partial charge in [-0.2, -0.15) is 5.10 Å². The molecule has 0 radical (unpaired) electrons. The van der Waals surface area contributed by atoms with Crippen LogP contribution in [0.4, 0.5) is 0 Å². The van der Waals surface area contributed by atoms with E-state index in [9.17, 15) is 0 Å². The molecular weight excluding hydrogens is 188 g/mol. The minimum atomic E-state index is 0.217. The molecule has 1 aromatic rings. The molecule has 0 amide bonds. The summed E-state index contributed by atoms with van der Waals surface area (Å²) >= 11 is 0. The third kappa shape index (κ3) is 3.64. The van der Waals surface area contributed by atoms with Gasteiger partial charge in [-0.15, -0.1) is 0 Å². The molecule has 0 aliphatic carbocycles. The summed E-state index contributed by atoms with van der Waals surface area (Å²) in [6, 6.07) is 2.38. The summed E-state index contributed by atoms with van der Waals surface area (Å²) < 4.78 is 1.95. The fourth-order valence-corrected chi connectivity index (χ4v) is 1.72. The van der Waals surface area contributed by atoms with Crippen molar-refractivity contribution in [2.24, 2.45) is 12.8 Å². The minimum Gasteiger partial charge on any atom is -0.327 e. The summed E-state index contributed by atoms with van der Waals surface area (Å²) in [6.45, 7) is 5.96. The summed E-state index contributed by atoms with van der Waals surface area (Å²) in [4.78, 5) is 2.22. The first-order valence-electron chi connectivity index (χ1n) is 5.48. The Morgan fingerprint density at radius 1 is 1.60 bits per heavy atom. The number of aromatic nitrogens is 2. The fraction of sp³-hybridized carbons (Fsp3) is 0.727. The highest BCUT2D eigenvalue weighted by molar-refractivity contribution is 5.09. The normalized spacial score (nSPS) is 13.5. The van der Waals surface area contributed by atoms with Crippen molar-refractivity contribution in [3.63, 3.8) is 0 Å². The zero-order chi connectivity index (χ0) is 11.4. The number of nitrogens with two attached hydrogens (primary N) is 1. The van der Waals surface area contributed by atoms with Gasteiger partial charge in [0, 0.05) is 26.2 Å². The lowest BCUT2D eigenvalue weighted by molar-refractivity contribution is 0.301. The van der Waals surface area contributed by atoms with Crippen LogP contribution < -0.4 is 5.73 Å². The number of likely N-dealkylation sites (N-methyl/N-ethyl adjacent to an activating group) is 1. The Balaban J connectivity index is 2.59. The SMILES string of the molecule is CCc1cc(CN(C)CC(C)N)n(C)n1. The smallest absolute Gasteiger partial charge is 0.0625 e. The lowest BCUT2D eigenvalue weighted by Crippen LogP contribution is -2.32. The van der Waals surface area contributed by atoms with E-state index in [1.807, 2.05) is 18.7 Å². The van der Waals surface area contributed by atoms with Crippen molar-refractivity contribution in [1.29, 1.82) is 0 Å². The Hall–Kier alpha value is -0.870. The maximum Gasteiger partial charge on any atom is 0.0625 e. The number of hydrogen-bond acceptors (Lipinski definition) is 3. The highest BCUT2D eigenvalue weighted by atomic mass is 15.3. The summed E-state index contributed by atoms with van der Waals surface area (Å²) in [5.41, 5.74) is 8.15. The van der Waals surface area contributed by atoms with E-state index in [0.717, 1.165) is 25.2 Å². The molecule has 2 N–H and O–H groups in total. The Morgan fingerprint density at radius 2 is 2.27 bits per heavy atom. The van der Waals surface area contributed by atoms with E-state index in [1.165, 1.54) is 5.69 Å². The third-order valence-electron chi connectivity index (χ3n) is 2.42. The topological polar surface area (TPSA) is 47.1 Å². The molecule has 0 aliphatic heterocycles. The molecule has 0 saturated heterocycles. The summed E-state index contributed by atoms with van der Waals surface area (Å²) in [5.74, 6) is 0. The first-order valence-corrected chi connectivity index (χ1v) is 5.48. The summed E-state index contributed by atoms with van der Waals surface area (Å²) in [5, 5.41) is 4.42. The molecular formula is C11H22N4. The first kappa shape index (κ1) is 12.2. The van der Waals surface area contributed by atoms with E-state index < -0.39 is 0 Å². The lowest BCUT2D eigenvalue weighted by atomic mass is 10.3. The molecule has 1 unspecified atom stereocenters. The average molecular weight is 210 g/mol. The van der Waals surface area contributed by atoms with Gasteiger partial charge in [0.05, 0.1) is 11.4 Å². The van der Waals surface area contributed by atoms with Gasteiger partial charge in [0.2, 0.25) is 0 Å². The number of nitrogens with zero attached hydrogens (tertiary/aromatic N) is 3. The van der Waals surface area contributed by atoms with Crippen molar-refractivity contribution in [2.45, 2.75) is 32.9 Å². The Morgan fingerprint density at radius 3 is 2.73 bits per heavy atom. The number of hydrogen-bond donors (Lipinski definition) is 1. The molecule has 0 saturated carbocycles. The van der Waals surface area contributed by atoms with Crippen LogP contribution in [-0.2, 0) is 20.0 Å². The van der Waals surface area contributed by atoms with Crippen LogP contribution in [0.25, 0.3) is 0 Å². The second-order valence-electron chi connectivity index (χ2n) is 4.28. The van der Waals surface area contributed by atoms with Crippen molar-refractivity contribution >= 4 is 0 Å². The van der Waals surface area contributed by atoms with E-state index in [-0.39, 0.29) is 6.04 Å². The molecule has 0 aromatic carbocycles. The second kappa shape index (κ2) is 5.28. The van der Waals surface area contributed by atoms with Crippen molar-refractivity contribution < 1.29 is 0 Å². The number of aryl methyl sites for hydroxylation is 2. The van der Waals surface area contributed by atoms with Gasteiger partial charge in [-0.25, -0.2) is 0 Å². The highest BCUT2D eigenvalue weighted by Gasteiger charge is 2.07. The van der Waals surface area contributed by atoms with Crippen LogP contribution in [0.3, 0.4) is 0 Å². The van der Waals surface area contributed by atoms with Crippen LogP contribution in [0.2, 0.25) is 0 Å². The Bertz CT molecular complexity index is 304. The first-order chi connectivity index (χ1) is 7.02. The van der Waals surface area contributed by atoms with E-state index in [2.05, 4.69) is 30.0 Å². The predicted molar refractivity (Wildman–Crippen MR) is 62.6 cm³/mol. The molecule has 4 heteroatoms. The van der Waals surface area contributed by atoms with E-state index >= 15 is 0 Å². The molecule has 0 bridgehead atoms. The van der Waals surface area contributed by atoms with Crippen molar-refractivity contribution in [3.8, 4) is 0 Å². The van der Waals surface area contributed by atoms with Crippen LogP contribution in [-0.4, -0.2) is 34.3 Å². The molecule has 4 nitrogen and oxygen atoms in total. The van der Waals surface area contributed by atoms with Crippen LogP contribution in [0.5, 0.6) is 0 Å². The molecule has 0 spiro atoms. The number of rotatable bonds is 5. The average Bonchev–Trinajstić information content (AvgIpc) is 2.46. The van der Waals surface area contributed by atoms with Crippen molar-refractivity contribution in [1.82, 2.24) is 14.7 Å². The summed E-state index contributed by atoms with van der Waals surface area (Å²) in [7, 11) is 4.08. The molecule has 0 aliphatic rings. The van der Waals surface area contributed by atoms with Gasteiger partial charge in [-0.05, 0) is 26.5 Å². The zero-order valence-electron chi connectivity index (χ0n) is 10.2. The maximum absolute atomic E-state index is 5.75. The summed E-state index contributed by atoms with van der Waals surface area (Å²) in [6.07, 6.45) is 0.991. The van der Waals surface area contributed by atoms with E-state index in [0.29, 0.717) is 0 Å². The largest absolute Gasteiger partial charge is 0.327 e. The lowest BCUT2D eigenvalue weighted by Gasteiger charge is -2.18. The van der Waals surface area contributed by atoms with Gasteiger partial charge < -0.3 is 5.73 Å². The predicted octanol–water partition coefficient (Wildman–Crippen LogP) is 0.762. The molecule has 86 valence electrons. The molecule has 1 rings (SSSR count). The molecule has 1 atom stereocenters. The highest BCUT2D eigenvalue weighted by Crippen LogP contribution is 2.06. The molecule has 15 heavy (non-hydrogen) atoms. The van der Waals surface area contributed by atoms with Crippen LogP contribution in [0.15, 0.2) is 6.07 Å². The molecule has 1 aromatic heterocycles. The van der Waals surface area contributed by atoms with Crippen molar-refractivity contribution in [2.75, 3.05) is 13.6 Å². The van der Waals surface area contributed by atoms with Gasteiger partial charge in [0.25, 0.3) is 0 Å². The second-order valence-corrected chi connectivity index (χ2v) is 4.28. The standard InChI is InChI=1S/C11H22N4/c1-5-10-6-11(15(4)13-10)8-14(3)7-9(2)12/h6,9H,5,7-8,12H2,1-4H3. The monoisotopic (exact) mass is 210 g/mol. The van der Waals surface area contributed by atoms with Crippen LogP contribution in [0, 0.1) is 0 Å². The van der Waals surface area contributed by atoms with Gasteiger partial charge in [0.15, 0.2) is 0 Å². The maximum atomic E-state index is 5.75. The third-order valence-corrected chi connectivity index (χ3v) is 2.42. The zero-order valence-corrected chi connectivity index (χ0v) is 10.2. The fourth-order valence-electron chi connectivity index (χ4n) is 1.72. The minimum absolute atomic E-state index is 0.217. The van der Waals surface area contributed by atoms with E-state index in [1.54, 1.807) is 0 Å². The van der Waals surface area contributed by atoms with Gasteiger partial charge in [0.1, 0.15) is 0 Å². The van der Waals surface area contributed by atoms with Crippen molar-refractivity contribution in [3.05, 3.63) is 17.5 Å². The Kier molecular flexibility index (Phi) is 4.29. The van der Waals surface area contributed by atoms with E-state index in [4.69, 9.17) is 5.73 Å².